The third-order valence-corrected chi connectivity index (χ3v) is 5.95. The number of hydrazone groups is 1. The number of hydrogen-bond acceptors (Lipinski definition) is 3. The molecule has 1 unspecified atom stereocenters. The summed E-state index contributed by atoms with van der Waals surface area (Å²) in [5.41, 5.74) is 3.90. The van der Waals surface area contributed by atoms with Crippen LogP contribution >= 0.6 is 15.9 Å². The molecule has 0 saturated carbocycles. The first-order valence-electron chi connectivity index (χ1n) is 9.11. The Morgan fingerprint density at radius 2 is 1.67 bits per heavy atom. The van der Waals surface area contributed by atoms with Gasteiger partial charge in [0.1, 0.15) is 5.75 Å². The molecule has 2 aliphatic heterocycles. The van der Waals surface area contributed by atoms with Gasteiger partial charge >= 0.3 is 0 Å². The summed E-state index contributed by atoms with van der Waals surface area (Å²) in [4.78, 5) is 0. The minimum Gasteiger partial charge on any atom is -0.462 e. The topological polar surface area (TPSA) is 24.8 Å². The second-order valence-corrected chi connectivity index (χ2v) is 8.02. The SMILES string of the molecule is C[C@]1(c2ccc(Br)cc2)Oc2ccccc2C2CC(c3ccccc3)=NN21. The van der Waals surface area contributed by atoms with Crippen molar-refractivity contribution in [2.45, 2.75) is 25.1 Å². The predicted octanol–water partition coefficient (Wildman–Crippen LogP) is 5.87. The average molecular weight is 419 g/mol. The van der Waals surface area contributed by atoms with Crippen LogP contribution in [0.3, 0.4) is 0 Å². The standard InChI is InChI=1S/C23H19BrN2O/c1-23(17-11-13-18(24)14-12-17)26-21(19-9-5-6-10-22(19)27-23)15-20(25-26)16-7-3-2-4-8-16/h2-14,21H,15H2,1H3/t21?,23-/m1/s1. The van der Waals surface area contributed by atoms with E-state index >= 15 is 0 Å². The fourth-order valence-electron chi connectivity index (χ4n) is 4.01. The quantitative estimate of drug-likeness (QED) is 0.519. The van der Waals surface area contributed by atoms with Crippen LogP contribution < -0.4 is 4.74 Å². The lowest BCUT2D eigenvalue weighted by Gasteiger charge is -2.46. The van der Waals surface area contributed by atoms with Gasteiger partial charge in [-0.05, 0) is 23.8 Å². The fourth-order valence-corrected chi connectivity index (χ4v) is 4.28. The van der Waals surface area contributed by atoms with Gasteiger partial charge in [0.2, 0.25) is 5.72 Å². The molecule has 134 valence electrons. The van der Waals surface area contributed by atoms with Crippen molar-refractivity contribution in [3.63, 3.8) is 0 Å². The van der Waals surface area contributed by atoms with E-state index in [1.165, 1.54) is 11.1 Å². The molecule has 0 aromatic heterocycles. The summed E-state index contributed by atoms with van der Waals surface area (Å²) in [7, 11) is 0. The molecule has 0 bridgehead atoms. The highest BCUT2D eigenvalue weighted by atomic mass is 79.9. The molecule has 27 heavy (non-hydrogen) atoms. The van der Waals surface area contributed by atoms with Crippen LogP contribution in [0.4, 0.5) is 0 Å². The lowest BCUT2D eigenvalue weighted by molar-refractivity contribution is -0.112. The lowest BCUT2D eigenvalue weighted by atomic mass is 9.92. The maximum atomic E-state index is 6.55. The number of halogens is 1. The van der Waals surface area contributed by atoms with Crippen molar-refractivity contribution in [2.75, 3.05) is 0 Å². The molecule has 2 heterocycles. The van der Waals surface area contributed by atoms with Gasteiger partial charge in [0.15, 0.2) is 0 Å². The minimum absolute atomic E-state index is 0.166. The molecule has 2 aliphatic rings. The summed E-state index contributed by atoms with van der Waals surface area (Å²) in [6.45, 7) is 2.11. The molecular formula is C23H19BrN2O. The van der Waals surface area contributed by atoms with Gasteiger partial charge in [-0.15, -0.1) is 0 Å². The average Bonchev–Trinajstić information content (AvgIpc) is 3.16. The number of benzene rings is 3. The van der Waals surface area contributed by atoms with Crippen molar-refractivity contribution in [1.82, 2.24) is 5.01 Å². The molecule has 0 spiro atoms. The molecule has 0 saturated heterocycles. The molecule has 0 amide bonds. The van der Waals surface area contributed by atoms with Gasteiger partial charge < -0.3 is 4.74 Å². The van der Waals surface area contributed by atoms with Gasteiger partial charge in [0.25, 0.3) is 0 Å². The molecule has 0 N–H and O–H groups in total. The Bertz CT molecular complexity index is 1020. The normalized spacial score (nSPS) is 23.3. The Hall–Kier alpha value is -2.59. The zero-order valence-corrected chi connectivity index (χ0v) is 16.6. The van der Waals surface area contributed by atoms with E-state index in [9.17, 15) is 0 Å². The van der Waals surface area contributed by atoms with E-state index < -0.39 is 5.72 Å². The van der Waals surface area contributed by atoms with Crippen LogP contribution in [0.15, 0.2) is 88.4 Å². The maximum Gasteiger partial charge on any atom is 0.221 e. The lowest BCUT2D eigenvalue weighted by Crippen LogP contribution is -2.48. The van der Waals surface area contributed by atoms with Crippen molar-refractivity contribution in [1.29, 1.82) is 0 Å². The minimum atomic E-state index is -0.656. The summed E-state index contributed by atoms with van der Waals surface area (Å²) < 4.78 is 7.60. The monoisotopic (exact) mass is 418 g/mol. The first-order chi connectivity index (χ1) is 13.1. The first kappa shape index (κ1) is 16.6. The molecule has 2 atom stereocenters. The van der Waals surface area contributed by atoms with Crippen LogP contribution in [0.5, 0.6) is 5.75 Å². The number of nitrogens with zero attached hydrogens (tertiary/aromatic N) is 2. The molecule has 3 aromatic carbocycles. The smallest absolute Gasteiger partial charge is 0.221 e. The van der Waals surface area contributed by atoms with Crippen LogP contribution in [0, 0.1) is 0 Å². The second kappa shape index (κ2) is 6.24. The van der Waals surface area contributed by atoms with Gasteiger partial charge in [-0.25, -0.2) is 5.01 Å². The number of rotatable bonds is 2. The highest BCUT2D eigenvalue weighted by Gasteiger charge is 2.48. The molecule has 0 radical (unpaired) electrons. The Morgan fingerprint density at radius 3 is 2.44 bits per heavy atom. The van der Waals surface area contributed by atoms with Crippen LogP contribution in [-0.4, -0.2) is 10.7 Å². The predicted molar refractivity (Wildman–Crippen MR) is 111 cm³/mol. The Balaban J connectivity index is 1.65. The first-order valence-corrected chi connectivity index (χ1v) is 9.91. The fraction of sp³-hybridized carbons (Fsp3) is 0.174. The van der Waals surface area contributed by atoms with Crippen molar-refractivity contribution < 1.29 is 4.74 Å². The van der Waals surface area contributed by atoms with E-state index in [1.807, 2.05) is 12.1 Å². The summed E-state index contributed by atoms with van der Waals surface area (Å²) >= 11 is 3.53. The van der Waals surface area contributed by atoms with Crippen LogP contribution in [-0.2, 0) is 5.72 Å². The number of hydrogen-bond donors (Lipinski definition) is 0. The van der Waals surface area contributed by atoms with E-state index in [4.69, 9.17) is 9.84 Å². The van der Waals surface area contributed by atoms with E-state index in [0.717, 1.165) is 27.9 Å². The Labute approximate surface area is 167 Å². The zero-order valence-electron chi connectivity index (χ0n) is 15.0. The molecular weight excluding hydrogens is 400 g/mol. The van der Waals surface area contributed by atoms with E-state index in [0.29, 0.717) is 0 Å². The third-order valence-electron chi connectivity index (χ3n) is 5.42. The van der Waals surface area contributed by atoms with Crippen molar-refractivity contribution in [2.24, 2.45) is 5.10 Å². The van der Waals surface area contributed by atoms with Gasteiger partial charge in [0.05, 0.1) is 11.8 Å². The van der Waals surface area contributed by atoms with E-state index in [-0.39, 0.29) is 6.04 Å². The highest BCUT2D eigenvalue weighted by molar-refractivity contribution is 9.10. The van der Waals surface area contributed by atoms with Gasteiger partial charge in [0, 0.05) is 28.9 Å². The van der Waals surface area contributed by atoms with Crippen molar-refractivity contribution in [3.05, 3.63) is 100 Å². The van der Waals surface area contributed by atoms with E-state index in [2.05, 4.69) is 94.6 Å². The largest absolute Gasteiger partial charge is 0.462 e. The van der Waals surface area contributed by atoms with Crippen LogP contribution in [0.2, 0.25) is 0 Å². The van der Waals surface area contributed by atoms with Gasteiger partial charge in [-0.2, -0.15) is 5.10 Å². The van der Waals surface area contributed by atoms with Crippen molar-refractivity contribution >= 4 is 21.6 Å². The molecule has 3 aromatic rings. The maximum absolute atomic E-state index is 6.55. The van der Waals surface area contributed by atoms with Crippen LogP contribution in [0.25, 0.3) is 0 Å². The van der Waals surface area contributed by atoms with E-state index in [1.54, 1.807) is 0 Å². The second-order valence-electron chi connectivity index (χ2n) is 7.11. The molecule has 0 fully saturated rings. The highest BCUT2D eigenvalue weighted by Crippen LogP contribution is 2.50. The van der Waals surface area contributed by atoms with Crippen molar-refractivity contribution in [3.8, 4) is 5.75 Å². The van der Waals surface area contributed by atoms with Crippen LogP contribution in [0.1, 0.15) is 36.1 Å². The number of ether oxygens (including phenoxy) is 1. The Kier molecular flexibility index (Phi) is 3.83. The third kappa shape index (κ3) is 2.67. The molecule has 5 rings (SSSR count). The molecule has 3 nitrogen and oxygen atoms in total. The molecule has 4 heteroatoms. The zero-order chi connectivity index (χ0) is 18.4. The summed E-state index contributed by atoms with van der Waals surface area (Å²) in [5, 5.41) is 7.18. The molecule has 0 aliphatic carbocycles. The van der Waals surface area contributed by atoms with Gasteiger partial charge in [-0.1, -0.05) is 76.6 Å². The summed E-state index contributed by atoms with van der Waals surface area (Å²) in [6.07, 6.45) is 0.872. The summed E-state index contributed by atoms with van der Waals surface area (Å²) in [6, 6.07) is 27.2. The number of fused-ring (bicyclic) bond motifs is 3. The summed E-state index contributed by atoms with van der Waals surface area (Å²) in [5.74, 6) is 0.939. The Morgan fingerprint density at radius 1 is 0.963 bits per heavy atom. The number of para-hydroxylation sites is 1. The van der Waals surface area contributed by atoms with Gasteiger partial charge in [-0.3, -0.25) is 0 Å².